The van der Waals surface area contributed by atoms with Gasteiger partial charge in [0.1, 0.15) is 41.3 Å². The summed E-state index contributed by atoms with van der Waals surface area (Å²) in [5, 5.41) is 14.3. The summed E-state index contributed by atoms with van der Waals surface area (Å²) >= 11 is 0. The molecule has 6 heterocycles. The van der Waals surface area contributed by atoms with E-state index in [2.05, 4.69) is 29.9 Å². The zero-order valence-corrected chi connectivity index (χ0v) is 22.5. The highest BCUT2D eigenvalue weighted by Gasteiger charge is 2.49. The van der Waals surface area contributed by atoms with Crippen LogP contribution in [0.15, 0.2) is 24.4 Å². The van der Waals surface area contributed by atoms with E-state index < -0.39 is 46.6 Å². The van der Waals surface area contributed by atoms with Crippen molar-refractivity contribution in [1.29, 1.82) is 0 Å². The Morgan fingerprint density at radius 3 is 2.67 bits per heavy atom. The Labute approximate surface area is 237 Å². The Morgan fingerprint density at radius 1 is 1.12 bits per heavy atom. The van der Waals surface area contributed by atoms with Crippen LogP contribution in [0.2, 0.25) is 0 Å². The molecular weight excluding hydrogens is 563 g/mol. The first kappa shape index (κ1) is 27.3. The number of alkyl halides is 4. The number of anilines is 1. The summed E-state index contributed by atoms with van der Waals surface area (Å²) in [6, 6.07) is 3.57. The quantitative estimate of drug-likeness (QED) is 0.406. The second kappa shape index (κ2) is 10.0. The molecule has 224 valence electrons. The maximum absolute atomic E-state index is 16.3. The van der Waals surface area contributed by atoms with Gasteiger partial charge in [0, 0.05) is 44.3 Å². The molecule has 4 atom stereocenters. The van der Waals surface area contributed by atoms with E-state index in [-0.39, 0.29) is 35.6 Å². The largest absolute Gasteiger partial charge is 0.573 e. The van der Waals surface area contributed by atoms with Gasteiger partial charge in [-0.05, 0) is 44.4 Å². The molecule has 0 aliphatic carbocycles. The van der Waals surface area contributed by atoms with E-state index in [9.17, 15) is 22.7 Å². The van der Waals surface area contributed by atoms with Crippen LogP contribution in [0.25, 0.3) is 22.2 Å². The number of hydrogen-bond acceptors (Lipinski definition) is 9. The van der Waals surface area contributed by atoms with Crippen molar-refractivity contribution < 1.29 is 36.5 Å². The van der Waals surface area contributed by atoms with E-state index in [1.54, 1.807) is 0 Å². The van der Waals surface area contributed by atoms with Gasteiger partial charge in [0.05, 0.1) is 16.5 Å². The summed E-state index contributed by atoms with van der Waals surface area (Å²) in [5.74, 6) is -2.11. The van der Waals surface area contributed by atoms with Crippen molar-refractivity contribution in [3.05, 3.63) is 30.2 Å². The fourth-order valence-electron chi connectivity index (χ4n) is 7.09. The summed E-state index contributed by atoms with van der Waals surface area (Å²) in [5.41, 5.74) is -1.83. The van der Waals surface area contributed by atoms with E-state index in [4.69, 9.17) is 4.74 Å². The molecule has 0 amide bonds. The molecular formula is C28H29F5N6O3. The third kappa shape index (κ3) is 4.83. The molecule has 3 aromatic rings. The minimum absolute atomic E-state index is 0.119. The van der Waals surface area contributed by atoms with Gasteiger partial charge in [-0.3, -0.25) is 9.88 Å². The van der Waals surface area contributed by atoms with Gasteiger partial charge in [-0.2, -0.15) is 9.97 Å². The van der Waals surface area contributed by atoms with Gasteiger partial charge in [-0.1, -0.05) is 6.07 Å². The van der Waals surface area contributed by atoms with E-state index >= 15 is 4.39 Å². The summed E-state index contributed by atoms with van der Waals surface area (Å²) in [6.07, 6.45) is -0.779. The number of piperazine rings is 1. The molecule has 2 aromatic heterocycles. The lowest BCUT2D eigenvalue weighted by atomic mass is 9.95. The number of aromatic hydroxyl groups is 1. The number of aromatic nitrogens is 3. The summed E-state index contributed by atoms with van der Waals surface area (Å²) in [6.45, 7) is 2.44. The third-order valence-corrected chi connectivity index (χ3v) is 8.86. The fraction of sp³-hybridized carbons (Fsp3) is 0.536. The standard InChI is InChI=1S/C28H29F5N6O3/c29-15-9-27(7-2-8-39(27)11-15)14-41-26-36-23-18(25(37-26)38-12-16-5-6-17(13-38)35-16)10-34-24(22(23)30)21-19(40)3-1-4-20(21)42-28(31,32)33/h1,3-4,10,15-17,35,40H,2,5-9,11-14H2/t15-,16?,17?,27+/m1/s1. The maximum Gasteiger partial charge on any atom is 0.573 e. The SMILES string of the molecule is Oc1cccc(OC(F)(F)F)c1-c1ncc2c(N3CC4CCC(C3)N4)nc(OC[C@@]34CCCN3C[C@H](F)C4)nc2c1F. The highest BCUT2D eigenvalue weighted by Crippen LogP contribution is 2.43. The topological polar surface area (TPSA) is 95.9 Å². The number of hydrogen-bond donors (Lipinski definition) is 2. The Bertz CT molecular complexity index is 1510. The number of ether oxygens (including phenoxy) is 2. The molecule has 9 nitrogen and oxygen atoms in total. The molecule has 0 radical (unpaired) electrons. The molecule has 4 aliphatic heterocycles. The molecule has 4 fully saturated rings. The lowest BCUT2D eigenvalue weighted by Gasteiger charge is -2.34. The number of fused-ring (bicyclic) bond motifs is 4. The second-order valence-corrected chi connectivity index (χ2v) is 11.6. The van der Waals surface area contributed by atoms with Gasteiger partial charge in [0.15, 0.2) is 5.82 Å². The number of nitrogens with one attached hydrogen (secondary N) is 1. The van der Waals surface area contributed by atoms with Crippen LogP contribution < -0.4 is 19.7 Å². The van der Waals surface area contributed by atoms with Crippen LogP contribution in [0.1, 0.15) is 32.1 Å². The molecule has 14 heteroatoms. The molecule has 7 rings (SSSR count). The van der Waals surface area contributed by atoms with E-state index in [0.29, 0.717) is 31.9 Å². The first-order valence-corrected chi connectivity index (χ1v) is 14.1. The smallest absolute Gasteiger partial charge is 0.507 e. The minimum Gasteiger partial charge on any atom is -0.507 e. The van der Waals surface area contributed by atoms with Crippen LogP contribution in [0.4, 0.5) is 27.8 Å². The highest BCUT2D eigenvalue weighted by molar-refractivity contribution is 5.93. The number of phenolic OH excluding ortho intramolecular Hbond substituents is 1. The minimum atomic E-state index is -5.08. The molecule has 0 saturated carbocycles. The second-order valence-electron chi connectivity index (χ2n) is 11.6. The number of nitrogens with zero attached hydrogens (tertiary/aromatic N) is 5. The first-order chi connectivity index (χ1) is 20.1. The Kier molecular flexibility index (Phi) is 6.53. The van der Waals surface area contributed by atoms with Crippen LogP contribution in [0, 0.1) is 5.82 Å². The normalized spacial score (nSPS) is 27.5. The van der Waals surface area contributed by atoms with Crippen LogP contribution >= 0.6 is 0 Å². The number of benzene rings is 1. The zero-order chi connectivity index (χ0) is 29.2. The zero-order valence-electron chi connectivity index (χ0n) is 22.5. The molecule has 2 bridgehead atoms. The Balaban J connectivity index is 1.32. The Morgan fingerprint density at radius 2 is 1.90 bits per heavy atom. The molecule has 4 saturated heterocycles. The highest BCUT2D eigenvalue weighted by atomic mass is 19.4. The molecule has 42 heavy (non-hydrogen) atoms. The molecule has 4 aliphatic rings. The summed E-state index contributed by atoms with van der Waals surface area (Å²) in [7, 11) is 0. The lowest BCUT2D eigenvalue weighted by molar-refractivity contribution is -0.274. The average Bonchev–Trinajstić information content (AvgIpc) is 3.58. The Hall–Kier alpha value is -3.52. The van der Waals surface area contributed by atoms with E-state index in [0.717, 1.165) is 50.4 Å². The van der Waals surface area contributed by atoms with E-state index in [1.807, 2.05) is 4.90 Å². The number of pyridine rings is 1. The van der Waals surface area contributed by atoms with Gasteiger partial charge in [0.2, 0.25) is 0 Å². The van der Waals surface area contributed by atoms with Gasteiger partial charge < -0.3 is 24.8 Å². The van der Waals surface area contributed by atoms with Crippen molar-refractivity contribution in [2.24, 2.45) is 0 Å². The summed E-state index contributed by atoms with van der Waals surface area (Å²) in [4.78, 5) is 17.2. The predicted octanol–water partition coefficient (Wildman–Crippen LogP) is 4.33. The van der Waals surface area contributed by atoms with Crippen molar-refractivity contribution in [2.75, 3.05) is 37.7 Å². The average molecular weight is 593 g/mol. The van der Waals surface area contributed by atoms with Crippen LogP contribution in [0.5, 0.6) is 17.5 Å². The van der Waals surface area contributed by atoms with Crippen LogP contribution in [-0.4, -0.2) is 87.9 Å². The fourth-order valence-corrected chi connectivity index (χ4v) is 7.09. The summed E-state index contributed by atoms with van der Waals surface area (Å²) < 4.78 is 80.2. The first-order valence-electron chi connectivity index (χ1n) is 14.1. The number of rotatable bonds is 6. The van der Waals surface area contributed by atoms with Crippen LogP contribution in [0.3, 0.4) is 0 Å². The van der Waals surface area contributed by atoms with E-state index in [1.165, 1.54) is 6.20 Å². The third-order valence-electron chi connectivity index (χ3n) is 8.86. The predicted molar refractivity (Wildman–Crippen MR) is 142 cm³/mol. The maximum atomic E-state index is 16.3. The van der Waals surface area contributed by atoms with Crippen molar-refractivity contribution in [3.63, 3.8) is 0 Å². The van der Waals surface area contributed by atoms with Crippen molar-refractivity contribution in [1.82, 2.24) is 25.2 Å². The van der Waals surface area contributed by atoms with Gasteiger partial charge in [0.25, 0.3) is 0 Å². The van der Waals surface area contributed by atoms with Gasteiger partial charge in [-0.25, -0.2) is 8.78 Å². The van der Waals surface area contributed by atoms with Crippen LogP contribution in [-0.2, 0) is 0 Å². The monoisotopic (exact) mass is 592 g/mol. The molecule has 2 unspecified atom stereocenters. The van der Waals surface area contributed by atoms with Gasteiger partial charge in [-0.15, -0.1) is 13.2 Å². The molecule has 1 aromatic carbocycles. The number of halogens is 5. The van der Waals surface area contributed by atoms with Crippen molar-refractivity contribution >= 4 is 16.7 Å². The molecule has 2 N–H and O–H groups in total. The molecule has 0 spiro atoms. The lowest BCUT2D eigenvalue weighted by Crippen LogP contribution is -2.51. The van der Waals surface area contributed by atoms with Gasteiger partial charge >= 0.3 is 12.4 Å². The van der Waals surface area contributed by atoms with Crippen molar-refractivity contribution in [3.8, 4) is 28.8 Å². The number of phenols is 1. The van der Waals surface area contributed by atoms with Crippen molar-refractivity contribution in [2.45, 2.75) is 62.3 Å².